The van der Waals surface area contributed by atoms with Gasteiger partial charge in [-0.3, -0.25) is 4.79 Å². The third kappa shape index (κ3) is 3.84. The summed E-state index contributed by atoms with van der Waals surface area (Å²) in [6, 6.07) is 14.0. The highest BCUT2D eigenvalue weighted by Crippen LogP contribution is 2.19. The molecule has 0 spiro atoms. The van der Waals surface area contributed by atoms with Gasteiger partial charge < -0.3 is 10.1 Å². The van der Waals surface area contributed by atoms with E-state index in [9.17, 15) is 9.18 Å². The molecule has 0 aliphatic rings. The van der Waals surface area contributed by atoms with Crippen molar-refractivity contribution in [2.75, 3.05) is 5.32 Å². The second kappa shape index (κ2) is 7.06. The number of hydrogen-bond acceptors (Lipinski definition) is 4. The third-order valence-corrected chi connectivity index (χ3v) is 3.05. The lowest BCUT2D eigenvalue weighted by Crippen LogP contribution is -2.30. The molecule has 2 aromatic carbocycles. The van der Waals surface area contributed by atoms with Gasteiger partial charge in [0.25, 0.3) is 5.91 Å². The maximum Gasteiger partial charge on any atom is 0.265 e. The number of rotatable bonds is 4. The molecular weight excluding hydrogens is 297 g/mol. The molecule has 0 aromatic heterocycles. The Morgan fingerprint density at radius 2 is 1.87 bits per heavy atom. The summed E-state index contributed by atoms with van der Waals surface area (Å²) in [6.45, 7) is 1.53. The predicted octanol–water partition coefficient (Wildman–Crippen LogP) is 2.98. The van der Waals surface area contributed by atoms with Crippen LogP contribution in [0.15, 0.2) is 42.5 Å². The maximum absolute atomic E-state index is 13.5. The lowest BCUT2D eigenvalue weighted by atomic mass is 10.1. The fraction of sp³-hybridized carbons (Fsp3) is 0.118. The minimum atomic E-state index is -0.863. The highest BCUT2D eigenvalue weighted by Gasteiger charge is 2.17. The molecule has 5 nitrogen and oxygen atoms in total. The monoisotopic (exact) mass is 309 g/mol. The molecule has 0 radical (unpaired) electrons. The first kappa shape index (κ1) is 16.0. The van der Waals surface area contributed by atoms with Gasteiger partial charge in [-0.2, -0.15) is 10.5 Å². The smallest absolute Gasteiger partial charge is 0.265 e. The summed E-state index contributed by atoms with van der Waals surface area (Å²) >= 11 is 0. The lowest BCUT2D eigenvalue weighted by Gasteiger charge is -2.15. The number of ether oxygens (including phenoxy) is 1. The van der Waals surface area contributed by atoms with Crippen LogP contribution < -0.4 is 10.1 Å². The number of carbonyl (C=O) groups is 1. The molecule has 2 aromatic rings. The average Bonchev–Trinajstić information content (AvgIpc) is 2.55. The Labute approximate surface area is 132 Å². The van der Waals surface area contributed by atoms with Crippen molar-refractivity contribution in [2.45, 2.75) is 13.0 Å². The predicted molar refractivity (Wildman–Crippen MR) is 81.0 cm³/mol. The third-order valence-electron chi connectivity index (χ3n) is 3.05. The molecule has 0 heterocycles. The van der Waals surface area contributed by atoms with Gasteiger partial charge in [0.1, 0.15) is 23.2 Å². The van der Waals surface area contributed by atoms with E-state index in [0.717, 1.165) is 6.07 Å². The van der Waals surface area contributed by atoms with Crippen LogP contribution in [0.5, 0.6) is 5.75 Å². The van der Waals surface area contributed by atoms with Crippen molar-refractivity contribution >= 4 is 11.6 Å². The van der Waals surface area contributed by atoms with Gasteiger partial charge >= 0.3 is 0 Å². The van der Waals surface area contributed by atoms with Gasteiger partial charge in [0.2, 0.25) is 0 Å². The normalized spacial score (nSPS) is 11.0. The first-order valence-corrected chi connectivity index (χ1v) is 6.71. The van der Waals surface area contributed by atoms with Gasteiger partial charge in [-0.05, 0) is 43.3 Å². The molecule has 0 aliphatic heterocycles. The number of anilines is 1. The first-order chi connectivity index (χ1) is 11.0. The zero-order valence-corrected chi connectivity index (χ0v) is 12.2. The quantitative estimate of drug-likeness (QED) is 0.940. The molecular formula is C17H12FN3O2. The molecule has 0 bridgehead atoms. The van der Waals surface area contributed by atoms with Crippen molar-refractivity contribution in [3.63, 3.8) is 0 Å². The highest BCUT2D eigenvalue weighted by molar-refractivity contribution is 5.95. The molecule has 6 heteroatoms. The molecule has 114 valence electrons. The Bertz CT molecular complexity index is 804. The van der Waals surface area contributed by atoms with Gasteiger partial charge in [0, 0.05) is 0 Å². The average molecular weight is 309 g/mol. The summed E-state index contributed by atoms with van der Waals surface area (Å²) in [4.78, 5) is 12.1. The van der Waals surface area contributed by atoms with Crippen LogP contribution in [0, 0.1) is 28.5 Å². The highest BCUT2D eigenvalue weighted by atomic mass is 19.1. The summed E-state index contributed by atoms with van der Waals surface area (Å²) in [7, 11) is 0. The number of hydrogen-bond donors (Lipinski definition) is 1. The van der Waals surface area contributed by atoms with E-state index >= 15 is 0 Å². The van der Waals surface area contributed by atoms with Crippen LogP contribution in [-0.2, 0) is 4.79 Å². The Hall–Kier alpha value is -3.38. The Morgan fingerprint density at radius 3 is 2.48 bits per heavy atom. The van der Waals surface area contributed by atoms with Crippen LogP contribution in [0.3, 0.4) is 0 Å². The van der Waals surface area contributed by atoms with Crippen molar-refractivity contribution < 1.29 is 13.9 Å². The Kier molecular flexibility index (Phi) is 4.91. The number of halogens is 1. The first-order valence-electron chi connectivity index (χ1n) is 6.71. The van der Waals surface area contributed by atoms with Crippen LogP contribution in [0.1, 0.15) is 18.1 Å². The van der Waals surface area contributed by atoms with Crippen LogP contribution in [0.2, 0.25) is 0 Å². The van der Waals surface area contributed by atoms with E-state index in [1.54, 1.807) is 30.3 Å². The van der Waals surface area contributed by atoms with E-state index in [-0.39, 0.29) is 11.3 Å². The molecule has 23 heavy (non-hydrogen) atoms. The molecule has 1 amide bonds. The molecule has 0 aliphatic carbocycles. The number of nitrogens with one attached hydrogen (secondary N) is 1. The standard InChI is InChI=1S/C17H12FN3O2/c1-11(23-13-7-5-12(9-19)6-8-13)17(22)21-16-4-2-3-15(18)14(16)10-20/h2-8,11H,1H3,(H,21,22)/t11-/m1/s1. The van der Waals surface area contributed by atoms with Crippen molar-refractivity contribution in [3.05, 3.63) is 59.4 Å². The van der Waals surface area contributed by atoms with Crippen molar-refractivity contribution in [3.8, 4) is 17.9 Å². The molecule has 0 saturated heterocycles. The van der Waals surface area contributed by atoms with E-state index in [1.165, 1.54) is 19.1 Å². The minimum Gasteiger partial charge on any atom is -0.481 e. The maximum atomic E-state index is 13.5. The number of nitriles is 2. The largest absolute Gasteiger partial charge is 0.481 e. The van der Waals surface area contributed by atoms with Gasteiger partial charge in [-0.25, -0.2) is 4.39 Å². The van der Waals surface area contributed by atoms with Gasteiger partial charge in [-0.1, -0.05) is 6.07 Å². The summed E-state index contributed by atoms with van der Waals surface area (Å²) in [5, 5.41) is 20.1. The summed E-state index contributed by atoms with van der Waals surface area (Å²) < 4.78 is 18.9. The van der Waals surface area contributed by atoms with Crippen molar-refractivity contribution in [2.24, 2.45) is 0 Å². The molecule has 0 saturated carbocycles. The fourth-order valence-corrected chi connectivity index (χ4v) is 1.84. The van der Waals surface area contributed by atoms with Crippen LogP contribution in [0.4, 0.5) is 10.1 Å². The van der Waals surface area contributed by atoms with Crippen LogP contribution in [0.25, 0.3) is 0 Å². The summed E-state index contributed by atoms with van der Waals surface area (Å²) in [5.74, 6) is -0.797. The molecule has 0 unspecified atom stereocenters. The van der Waals surface area contributed by atoms with Crippen LogP contribution in [-0.4, -0.2) is 12.0 Å². The van der Waals surface area contributed by atoms with E-state index in [1.807, 2.05) is 6.07 Å². The van der Waals surface area contributed by atoms with E-state index in [2.05, 4.69) is 5.32 Å². The van der Waals surface area contributed by atoms with Crippen LogP contribution >= 0.6 is 0 Å². The van der Waals surface area contributed by atoms with E-state index < -0.39 is 17.8 Å². The fourth-order valence-electron chi connectivity index (χ4n) is 1.84. The minimum absolute atomic E-state index is 0.0905. The van der Waals surface area contributed by atoms with Gasteiger partial charge in [0.05, 0.1) is 17.3 Å². The van der Waals surface area contributed by atoms with Crippen molar-refractivity contribution in [1.82, 2.24) is 0 Å². The Morgan fingerprint density at radius 1 is 1.17 bits per heavy atom. The van der Waals surface area contributed by atoms with Gasteiger partial charge in [0.15, 0.2) is 6.10 Å². The number of benzene rings is 2. The zero-order chi connectivity index (χ0) is 16.8. The number of carbonyl (C=O) groups excluding carboxylic acids is 1. The zero-order valence-electron chi connectivity index (χ0n) is 12.2. The SMILES string of the molecule is C[C@@H](Oc1ccc(C#N)cc1)C(=O)Nc1cccc(F)c1C#N. The number of amides is 1. The van der Waals surface area contributed by atoms with E-state index in [4.69, 9.17) is 15.3 Å². The van der Waals surface area contributed by atoms with E-state index in [0.29, 0.717) is 11.3 Å². The van der Waals surface area contributed by atoms with Crippen molar-refractivity contribution in [1.29, 1.82) is 10.5 Å². The summed E-state index contributed by atoms with van der Waals surface area (Å²) in [5.41, 5.74) is 0.340. The van der Waals surface area contributed by atoms with Gasteiger partial charge in [-0.15, -0.1) is 0 Å². The lowest BCUT2D eigenvalue weighted by molar-refractivity contribution is -0.122. The molecule has 1 atom stereocenters. The Balaban J connectivity index is 2.07. The molecule has 2 rings (SSSR count). The molecule has 1 N–H and O–H groups in total. The summed E-state index contributed by atoms with van der Waals surface area (Å²) in [6.07, 6.45) is -0.863. The second-order valence-corrected chi connectivity index (χ2v) is 4.66. The topological polar surface area (TPSA) is 85.9 Å². The second-order valence-electron chi connectivity index (χ2n) is 4.66. The molecule has 0 fully saturated rings. The number of nitrogens with zero attached hydrogens (tertiary/aromatic N) is 2.